The molecule has 0 N–H and O–H groups in total. The Balaban J connectivity index is 2.61. The predicted molar refractivity (Wildman–Crippen MR) is 72.4 cm³/mol. The van der Waals surface area contributed by atoms with Crippen molar-refractivity contribution in [3.63, 3.8) is 0 Å². The van der Waals surface area contributed by atoms with Crippen LogP contribution in [0.3, 0.4) is 0 Å². The van der Waals surface area contributed by atoms with Crippen LogP contribution in [0.4, 0.5) is 0 Å². The van der Waals surface area contributed by atoms with Crippen LogP contribution in [-0.4, -0.2) is 18.0 Å². The van der Waals surface area contributed by atoms with E-state index in [1.54, 1.807) is 13.2 Å². The first kappa shape index (κ1) is 10.8. The molecule has 0 unspecified atom stereocenters. The molecule has 0 atom stereocenters. The van der Waals surface area contributed by atoms with Gasteiger partial charge in [-0.15, -0.1) is 0 Å². The smallest absolute Gasteiger partial charge is 0.153 e. The van der Waals surface area contributed by atoms with Crippen molar-refractivity contribution >= 4 is 28.1 Å². The van der Waals surface area contributed by atoms with Crippen molar-refractivity contribution in [2.24, 2.45) is 7.05 Å². The zero-order valence-corrected chi connectivity index (χ0v) is 10.3. The number of benzene rings is 2. The maximum atomic E-state index is 11.1. The van der Waals surface area contributed by atoms with E-state index in [-0.39, 0.29) is 0 Å². The highest BCUT2D eigenvalue weighted by Gasteiger charge is 2.14. The highest BCUT2D eigenvalue weighted by molar-refractivity contribution is 6.13. The van der Waals surface area contributed by atoms with Gasteiger partial charge in [0.1, 0.15) is 5.75 Å². The van der Waals surface area contributed by atoms with Crippen molar-refractivity contribution in [3.05, 3.63) is 42.0 Å². The maximum absolute atomic E-state index is 11.1. The number of carbonyl (C=O) groups excluding carboxylic acids is 1. The summed E-state index contributed by atoms with van der Waals surface area (Å²) in [4.78, 5) is 11.1. The van der Waals surface area contributed by atoms with Gasteiger partial charge in [-0.1, -0.05) is 18.2 Å². The molecule has 0 radical (unpaired) electrons. The van der Waals surface area contributed by atoms with Gasteiger partial charge in [0, 0.05) is 18.0 Å². The van der Waals surface area contributed by atoms with E-state index in [0.717, 1.165) is 28.1 Å². The third-order valence-corrected chi connectivity index (χ3v) is 3.39. The van der Waals surface area contributed by atoms with Crippen molar-refractivity contribution in [2.75, 3.05) is 7.11 Å². The number of ether oxygens (including phenoxy) is 1. The first-order chi connectivity index (χ1) is 8.77. The normalized spacial score (nSPS) is 11.0. The van der Waals surface area contributed by atoms with E-state index in [1.807, 2.05) is 25.2 Å². The second kappa shape index (κ2) is 3.88. The minimum Gasteiger partial charge on any atom is -0.495 e. The van der Waals surface area contributed by atoms with Crippen molar-refractivity contribution in [1.29, 1.82) is 0 Å². The van der Waals surface area contributed by atoms with Gasteiger partial charge in [-0.2, -0.15) is 0 Å². The van der Waals surface area contributed by atoms with Gasteiger partial charge in [0.2, 0.25) is 0 Å². The molecule has 0 bridgehead atoms. The number of fused-ring (bicyclic) bond motifs is 3. The second-order valence-electron chi connectivity index (χ2n) is 4.28. The van der Waals surface area contributed by atoms with E-state index < -0.39 is 0 Å². The summed E-state index contributed by atoms with van der Waals surface area (Å²) < 4.78 is 7.54. The maximum Gasteiger partial charge on any atom is 0.153 e. The van der Waals surface area contributed by atoms with Gasteiger partial charge in [0.05, 0.1) is 23.6 Å². The molecule has 3 nitrogen and oxygen atoms in total. The minimum atomic E-state index is 0.585. The number of rotatable bonds is 2. The fraction of sp³-hybridized carbons (Fsp3) is 0.133. The first-order valence-corrected chi connectivity index (χ1v) is 5.77. The number of methoxy groups -OCH3 is 1. The SMILES string of the molecule is COc1c(C=O)ccc2c1c1ccccc1n2C. The van der Waals surface area contributed by atoms with Gasteiger partial charge in [0.15, 0.2) is 6.29 Å². The van der Waals surface area contributed by atoms with Crippen LogP contribution in [-0.2, 0) is 7.05 Å². The average Bonchev–Trinajstić information content (AvgIpc) is 2.72. The number of para-hydroxylation sites is 1. The molecule has 0 aliphatic heterocycles. The summed E-state index contributed by atoms with van der Waals surface area (Å²) in [6.07, 6.45) is 0.833. The molecule has 0 saturated carbocycles. The lowest BCUT2D eigenvalue weighted by Gasteiger charge is -2.06. The van der Waals surface area contributed by atoms with Crippen molar-refractivity contribution in [1.82, 2.24) is 4.57 Å². The van der Waals surface area contributed by atoms with E-state index in [1.165, 1.54) is 0 Å². The second-order valence-corrected chi connectivity index (χ2v) is 4.28. The molecule has 2 aromatic carbocycles. The van der Waals surface area contributed by atoms with Crippen LogP contribution >= 0.6 is 0 Å². The van der Waals surface area contributed by atoms with Gasteiger partial charge >= 0.3 is 0 Å². The molecule has 0 spiro atoms. The highest BCUT2D eigenvalue weighted by atomic mass is 16.5. The summed E-state index contributed by atoms with van der Waals surface area (Å²) in [6, 6.07) is 11.9. The molecule has 0 fully saturated rings. The van der Waals surface area contributed by atoms with Crippen LogP contribution in [0.25, 0.3) is 21.8 Å². The number of aryl methyl sites for hydroxylation is 1. The van der Waals surface area contributed by atoms with E-state index in [9.17, 15) is 4.79 Å². The van der Waals surface area contributed by atoms with Crippen LogP contribution in [0.1, 0.15) is 10.4 Å². The molecule has 0 aliphatic rings. The lowest BCUT2D eigenvalue weighted by Crippen LogP contribution is -1.92. The van der Waals surface area contributed by atoms with Crippen molar-refractivity contribution < 1.29 is 9.53 Å². The molecular weight excluding hydrogens is 226 g/mol. The Kier molecular flexibility index (Phi) is 2.33. The van der Waals surface area contributed by atoms with Gasteiger partial charge in [-0.3, -0.25) is 4.79 Å². The number of hydrogen-bond donors (Lipinski definition) is 0. The Morgan fingerprint density at radius 2 is 1.89 bits per heavy atom. The lowest BCUT2D eigenvalue weighted by molar-refractivity contribution is 0.112. The van der Waals surface area contributed by atoms with E-state index >= 15 is 0 Å². The van der Waals surface area contributed by atoms with Crippen LogP contribution in [0.5, 0.6) is 5.75 Å². The molecule has 90 valence electrons. The Hall–Kier alpha value is -2.29. The highest BCUT2D eigenvalue weighted by Crippen LogP contribution is 2.36. The van der Waals surface area contributed by atoms with E-state index in [0.29, 0.717) is 11.3 Å². The molecule has 1 aromatic heterocycles. The third-order valence-electron chi connectivity index (χ3n) is 3.39. The van der Waals surface area contributed by atoms with E-state index in [2.05, 4.69) is 16.7 Å². The minimum absolute atomic E-state index is 0.585. The topological polar surface area (TPSA) is 31.2 Å². The summed E-state index contributed by atoms with van der Waals surface area (Å²) in [5.74, 6) is 0.652. The summed E-state index contributed by atoms with van der Waals surface area (Å²) in [5, 5.41) is 2.11. The molecule has 3 heteroatoms. The summed E-state index contributed by atoms with van der Waals surface area (Å²) in [7, 11) is 3.62. The molecule has 0 saturated heterocycles. The monoisotopic (exact) mass is 239 g/mol. The standard InChI is InChI=1S/C15H13NO2/c1-16-12-6-4-3-5-11(12)14-13(16)8-7-10(9-17)15(14)18-2/h3-9H,1-2H3. The Bertz CT molecular complexity index is 756. The fourth-order valence-corrected chi connectivity index (χ4v) is 2.55. The Morgan fingerprint density at radius 3 is 2.61 bits per heavy atom. The number of aldehydes is 1. The summed E-state index contributed by atoms with van der Waals surface area (Å²) >= 11 is 0. The average molecular weight is 239 g/mol. The van der Waals surface area contributed by atoms with Crippen molar-refractivity contribution in [2.45, 2.75) is 0 Å². The van der Waals surface area contributed by atoms with E-state index in [4.69, 9.17) is 4.74 Å². The molecule has 1 heterocycles. The van der Waals surface area contributed by atoms with Gasteiger partial charge in [-0.25, -0.2) is 0 Å². The third kappa shape index (κ3) is 1.27. The van der Waals surface area contributed by atoms with Crippen LogP contribution in [0.2, 0.25) is 0 Å². The Morgan fingerprint density at radius 1 is 1.11 bits per heavy atom. The number of aromatic nitrogens is 1. The van der Waals surface area contributed by atoms with Crippen LogP contribution in [0, 0.1) is 0 Å². The lowest BCUT2D eigenvalue weighted by atomic mass is 10.1. The Labute approximate surface area is 105 Å². The van der Waals surface area contributed by atoms with Crippen LogP contribution < -0.4 is 4.74 Å². The number of hydrogen-bond acceptors (Lipinski definition) is 2. The van der Waals surface area contributed by atoms with Crippen molar-refractivity contribution in [3.8, 4) is 5.75 Å². The molecule has 18 heavy (non-hydrogen) atoms. The molecule has 3 aromatic rings. The van der Waals surface area contributed by atoms with Gasteiger partial charge in [0.25, 0.3) is 0 Å². The summed E-state index contributed by atoms with van der Waals surface area (Å²) in [6.45, 7) is 0. The van der Waals surface area contributed by atoms with Crippen LogP contribution in [0.15, 0.2) is 36.4 Å². The first-order valence-electron chi connectivity index (χ1n) is 5.77. The molecule has 0 aliphatic carbocycles. The number of nitrogens with zero attached hydrogens (tertiary/aromatic N) is 1. The summed E-state index contributed by atoms with van der Waals surface area (Å²) in [5.41, 5.74) is 2.79. The molecule has 0 amide bonds. The molecular formula is C15H13NO2. The fourth-order valence-electron chi connectivity index (χ4n) is 2.55. The van der Waals surface area contributed by atoms with Gasteiger partial charge in [-0.05, 0) is 18.2 Å². The largest absolute Gasteiger partial charge is 0.495 e. The zero-order chi connectivity index (χ0) is 12.7. The van der Waals surface area contributed by atoms with Gasteiger partial charge < -0.3 is 9.30 Å². The zero-order valence-electron chi connectivity index (χ0n) is 10.3. The quantitative estimate of drug-likeness (QED) is 0.643. The predicted octanol–water partition coefficient (Wildman–Crippen LogP) is 3.15. The molecule has 3 rings (SSSR count). The number of carbonyl (C=O) groups is 1.